The number of ether oxygens (including phenoxy) is 1. The van der Waals surface area contributed by atoms with Crippen LogP contribution in [0.15, 0.2) is 48.5 Å². The zero-order valence-electron chi connectivity index (χ0n) is 14.5. The fraction of sp³-hybridized carbons (Fsp3) is 0.300. The van der Waals surface area contributed by atoms with E-state index in [9.17, 15) is 9.59 Å². The molecule has 25 heavy (non-hydrogen) atoms. The Morgan fingerprint density at radius 2 is 1.88 bits per heavy atom. The first-order valence-electron chi connectivity index (χ1n) is 8.42. The van der Waals surface area contributed by atoms with Gasteiger partial charge >= 0.3 is 5.97 Å². The highest BCUT2D eigenvalue weighted by molar-refractivity contribution is 6.02. The van der Waals surface area contributed by atoms with Gasteiger partial charge in [0.1, 0.15) is 0 Å². The Bertz CT molecular complexity index is 788. The van der Waals surface area contributed by atoms with Crippen molar-refractivity contribution in [3.8, 4) is 0 Å². The maximum absolute atomic E-state index is 12.6. The van der Waals surface area contributed by atoms with E-state index in [4.69, 9.17) is 4.74 Å². The number of fused-ring (bicyclic) bond motifs is 1. The van der Waals surface area contributed by atoms with Crippen LogP contribution < -0.4 is 10.2 Å². The van der Waals surface area contributed by atoms with Gasteiger partial charge in [-0.2, -0.15) is 0 Å². The molecule has 1 aliphatic rings. The lowest BCUT2D eigenvalue weighted by atomic mass is 9.96. The summed E-state index contributed by atoms with van der Waals surface area (Å²) < 4.78 is 4.77. The van der Waals surface area contributed by atoms with Crippen LogP contribution in [0.3, 0.4) is 0 Å². The number of amides is 1. The minimum atomic E-state index is -0.465. The van der Waals surface area contributed by atoms with Crippen LogP contribution in [0.1, 0.15) is 29.3 Å². The summed E-state index contributed by atoms with van der Waals surface area (Å²) in [5.74, 6) is -0.618. The Hall–Kier alpha value is -2.82. The molecule has 0 radical (unpaired) electrons. The Morgan fingerprint density at radius 3 is 2.68 bits per heavy atom. The standard InChI is InChI=1S/C20H22N2O3/c1-14-11-12-15-7-3-6-10-18(15)22(14)13-19(23)21-17-9-5-4-8-16(17)20(24)25-2/h3-10,14H,11-13H2,1-2H3,(H,21,23)/t14-/m0/s1. The van der Waals surface area contributed by atoms with Crippen LogP contribution in [0.25, 0.3) is 0 Å². The van der Waals surface area contributed by atoms with E-state index in [1.165, 1.54) is 12.7 Å². The van der Waals surface area contributed by atoms with Gasteiger partial charge < -0.3 is 15.0 Å². The van der Waals surface area contributed by atoms with Gasteiger partial charge in [0, 0.05) is 11.7 Å². The Balaban J connectivity index is 1.77. The first-order chi connectivity index (χ1) is 12.1. The lowest BCUT2D eigenvalue weighted by molar-refractivity contribution is -0.115. The number of methoxy groups -OCH3 is 1. The van der Waals surface area contributed by atoms with Crippen LogP contribution in [0, 0.1) is 0 Å². The van der Waals surface area contributed by atoms with Gasteiger partial charge in [0.15, 0.2) is 0 Å². The third-order valence-electron chi connectivity index (χ3n) is 4.58. The number of nitrogens with zero attached hydrogens (tertiary/aromatic N) is 1. The Kier molecular flexibility index (Phi) is 5.03. The number of carbonyl (C=O) groups is 2. The molecule has 130 valence electrons. The summed E-state index contributed by atoms with van der Waals surface area (Å²) in [5.41, 5.74) is 3.20. The minimum Gasteiger partial charge on any atom is -0.465 e. The molecular weight excluding hydrogens is 316 g/mol. The fourth-order valence-electron chi connectivity index (χ4n) is 3.23. The van der Waals surface area contributed by atoms with Gasteiger partial charge in [-0.25, -0.2) is 4.79 Å². The summed E-state index contributed by atoms with van der Waals surface area (Å²) in [6, 6.07) is 15.3. The largest absolute Gasteiger partial charge is 0.465 e. The zero-order valence-corrected chi connectivity index (χ0v) is 14.5. The highest BCUT2D eigenvalue weighted by atomic mass is 16.5. The SMILES string of the molecule is COC(=O)c1ccccc1NC(=O)CN1c2ccccc2CC[C@@H]1C. The molecule has 0 saturated carbocycles. The molecule has 1 N–H and O–H groups in total. The van der Waals surface area contributed by atoms with Crippen molar-refractivity contribution in [1.29, 1.82) is 0 Å². The van der Waals surface area contributed by atoms with E-state index in [0.29, 0.717) is 11.3 Å². The van der Waals surface area contributed by atoms with E-state index >= 15 is 0 Å². The molecule has 5 nitrogen and oxygen atoms in total. The van der Waals surface area contributed by atoms with Crippen molar-refractivity contribution < 1.29 is 14.3 Å². The normalized spacial score (nSPS) is 16.1. The Labute approximate surface area is 147 Å². The summed E-state index contributed by atoms with van der Waals surface area (Å²) in [4.78, 5) is 26.6. The summed E-state index contributed by atoms with van der Waals surface area (Å²) in [5, 5.41) is 2.84. The van der Waals surface area contributed by atoms with Crippen molar-refractivity contribution in [2.45, 2.75) is 25.8 Å². The van der Waals surface area contributed by atoms with E-state index in [2.05, 4.69) is 29.3 Å². The molecule has 2 aromatic carbocycles. The number of hydrogen-bond donors (Lipinski definition) is 1. The zero-order chi connectivity index (χ0) is 17.8. The van der Waals surface area contributed by atoms with Crippen LogP contribution in [0.2, 0.25) is 0 Å². The first kappa shape index (κ1) is 17.0. The van der Waals surface area contributed by atoms with Gasteiger partial charge in [-0.1, -0.05) is 30.3 Å². The molecule has 0 fully saturated rings. The van der Waals surface area contributed by atoms with E-state index in [-0.39, 0.29) is 18.5 Å². The van der Waals surface area contributed by atoms with Crippen molar-refractivity contribution >= 4 is 23.3 Å². The minimum absolute atomic E-state index is 0.153. The summed E-state index contributed by atoms with van der Waals surface area (Å²) >= 11 is 0. The lowest BCUT2D eigenvalue weighted by Gasteiger charge is -2.36. The number of aryl methyl sites for hydroxylation is 1. The molecule has 2 aromatic rings. The highest BCUT2D eigenvalue weighted by Crippen LogP contribution is 2.30. The molecule has 1 aliphatic heterocycles. The molecule has 0 saturated heterocycles. The molecule has 5 heteroatoms. The van der Waals surface area contributed by atoms with Crippen molar-refractivity contribution in [3.63, 3.8) is 0 Å². The number of carbonyl (C=O) groups excluding carboxylic acids is 2. The number of anilines is 2. The number of rotatable bonds is 4. The highest BCUT2D eigenvalue weighted by Gasteiger charge is 2.25. The molecule has 0 bridgehead atoms. The molecule has 3 rings (SSSR count). The number of hydrogen-bond acceptors (Lipinski definition) is 4. The van der Waals surface area contributed by atoms with Crippen LogP contribution >= 0.6 is 0 Å². The number of esters is 1. The number of nitrogens with one attached hydrogen (secondary N) is 1. The summed E-state index contributed by atoms with van der Waals surface area (Å²) in [6.07, 6.45) is 2.05. The smallest absolute Gasteiger partial charge is 0.339 e. The second kappa shape index (κ2) is 7.38. The van der Waals surface area contributed by atoms with E-state index in [1.807, 2.05) is 12.1 Å². The van der Waals surface area contributed by atoms with Crippen molar-refractivity contribution in [1.82, 2.24) is 0 Å². The monoisotopic (exact) mass is 338 g/mol. The molecule has 0 unspecified atom stereocenters. The van der Waals surface area contributed by atoms with Crippen molar-refractivity contribution in [2.24, 2.45) is 0 Å². The fourth-order valence-corrected chi connectivity index (χ4v) is 3.23. The van der Waals surface area contributed by atoms with E-state index in [0.717, 1.165) is 18.5 Å². The summed E-state index contributed by atoms with van der Waals surface area (Å²) in [7, 11) is 1.33. The average Bonchev–Trinajstić information content (AvgIpc) is 2.64. The number of para-hydroxylation sites is 2. The predicted octanol–water partition coefficient (Wildman–Crippen LogP) is 3.25. The first-order valence-corrected chi connectivity index (χ1v) is 8.42. The average molecular weight is 338 g/mol. The van der Waals surface area contributed by atoms with Crippen LogP contribution in [-0.4, -0.2) is 31.6 Å². The van der Waals surface area contributed by atoms with Gasteiger partial charge in [-0.05, 0) is 43.5 Å². The van der Waals surface area contributed by atoms with Crippen LogP contribution in [-0.2, 0) is 16.0 Å². The van der Waals surface area contributed by atoms with Gasteiger partial charge in [0.2, 0.25) is 5.91 Å². The third kappa shape index (κ3) is 3.65. The summed E-state index contributed by atoms with van der Waals surface area (Å²) in [6.45, 7) is 2.37. The molecule has 0 aromatic heterocycles. The topological polar surface area (TPSA) is 58.6 Å². The van der Waals surface area contributed by atoms with Crippen LogP contribution in [0.5, 0.6) is 0 Å². The van der Waals surface area contributed by atoms with Gasteiger partial charge in [-0.3, -0.25) is 4.79 Å². The third-order valence-corrected chi connectivity index (χ3v) is 4.58. The van der Waals surface area contributed by atoms with Crippen molar-refractivity contribution in [2.75, 3.05) is 23.9 Å². The maximum Gasteiger partial charge on any atom is 0.339 e. The van der Waals surface area contributed by atoms with Crippen LogP contribution in [0.4, 0.5) is 11.4 Å². The molecule has 0 aliphatic carbocycles. The molecule has 1 heterocycles. The van der Waals surface area contributed by atoms with Gasteiger partial charge in [0.25, 0.3) is 0 Å². The molecular formula is C20H22N2O3. The predicted molar refractivity (Wildman–Crippen MR) is 98.0 cm³/mol. The quantitative estimate of drug-likeness (QED) is 0.870. The molecule has 1 atom stereocenters. The molecule has 0 spiro atoms. The second-order valence-electron chi connectivity index (χ2n) is 6.23. The Morgan fingerprint density at radius 1 is 1.16 bits per heavy atom. The van der Waals surface area contributed by atoms with Gasteiger partial charge in [-0.15, -0.1) is 0 Å². The van der Waals surface area contributed by atoms with E-state index in [1.54, 1.807) is 24.3 Å². The maximum atomic E-state index is 12.6. The second-order valence-corrected chi connectivity index (χ2v) is 6.23. The number of benzene rings is 2. The van der Waals surface area contributed by atoms with E-state index < -0.39 is 5.97 Å². The van der Waals surface area contributed by atoms with Crippen molar-refractivity contribution in [3.05, 3.63) is 59.7 Å². The van der Waals surface area contributed by atoms with Gasteiger partial charge in [0.05, 0.1) is 24.9 Å². The molecule has 1 amide bonds. The lowest BCUT2D eigenvalue weighted by Crippen LogP contribution is -2.42.